The monoisotopic (exact) mass is 460 g/mol. The summed E-state index contributed by atoms with van der Waals surface area (Å²) >= 11 is 0. The van der Waals surface area contributed by atoms with E-state index in [0.717, 1.165) is 23.3 Å². The molecule has 0 spiro atoms. The van der Waals surface area contributed by atoms with Gasteiger partial charge in [0.2, 0.25) is 0 Å². The summed E-state index contributed by atoms with van der Waals surface area (Å²) in [6.07, 6.45) is 2.96. The summed E-state index contributed by atoms with van der Waals surface area (Å²) in [6.45, 7) is 4.34. The molecule has 34 heavy (non-hydrogen) atoms. The Morgan fingerprint density at radius 3 is 2.62 bits per heavy atom. The first-order valence-corrected chi connectivity index (χ1v) is 11.1. The van der Waals surface area contributed by atoms with E-state index in [0.29, 0.717) is 35.9 Å². The number of imide groups is 1. The van der Waals surface area contributed by atoms with E-state index in [4.69, 9.17) is 13.9 Å². The van der Waals surface area contributed by atoms with Crippen LogP contribution in [0.2, 0.25) is 0 Å². The predicted molar refractivity (Wildman–Crippen MR) is 122 cm³/mol. The Kier molecular flexibility index (Phi) is 6.75. The molecule has 1 aromatic heterocycles. The molecule has 174 valence electrons. The molecule has 0 bridgehead atoms. The molecule has 2 aliphatic heterocycles. The van der Waals surface area contributed by atoms with Crippen molar-refractivity contribution in [1.29, 1.82) is 5.26 Å². The van der Waals surface area contributed by atoms with E-state index in [9.17, 15) is 19.6 Å². The summed E-state index contributed by atoms with van der Waals surface area (Å²) in [5.74, 6) is -0.531. The van der Waals surface area contributed by atoms with Crippen molar-refractivity contribution < 1.29 is 28.3 Å². The number of hydrogen-bond donors (Lipinski definition) is 0. The first-order valence-electron chi connectivity index (χ1n) is 11.1. The fourth-order valence-electron chi connectivity index (χ4n) is 4.00. The quantitative estimate of drug-likeness (QED) is 0.365. The third kappa shape index (κ3) is 4.56. The molecule has 0 N–H and O–H groups in total. The van der Waals surface area contributed by atoms with Crippen LogP contribution in [-0.2, 0) is 19.1 Å². The molecule has 8 nitrogen and oxygen atoms in total. The third-order valence-corrected chi connectivity index (χ3v) is 5.83. The van der Waals surface area contributed by atoms with Crippen LogP contribution in [0.25, 0.3) is 17.4 Å². The van der Waals surface area contributed by atoms with Crippen LogP contribution in [0, 0.1) is 11.3 Å². The van der Waals surface area contributed by atoms with Crippen molar-refractivity contribution in [3.8, 4) is 17.4 Å². The van der Waals surface area contributed by atoms with E-state index >= 15 is 0 Å². The summed E-state index contributed by atoms with van der Waals surface area (Å²) in [7, 11) is 0. The summed E-state index contributed by atoms with van der Waals surface area (Å²) < 4.78 is 16.5. The Morgan fingerprint density at radius 1 is 1.21 bits per heavy atom. The van der Waals surface area contributed by atoms with Crippen LogP contribution in [-0.4, -0.2) is 48.5 Å². The first kappa shape index (κ1) is 23.2. The molecule has 1 saturated heterocycles. The second-order valence-corrected chi connectivity index (χ2v) is 8.03. The highest BCUT2D eigenvalue weighted by Gasteiger charge is 2.37. The van der Waals surface area contributed by atoms with Crippen LogP contribution in [0.4, 0.5) is 0 Å². The molecule has 1 unspecified atom stereocenters. The van der Waals surface area contributed by atoms with Gasteiger partial charge in [0, 0.05) is 17.7 Å². The maximum atomic E-state index is 13.2. The lowest BCUT2D eigenvalue weighted by molar-refractivity contribution is -0.142. The normalized spacial score (nSPS) is 19.6. The van der Waals surface area contributed by atoms with Gasteiger partial charge in [-0.25, -0.2) is 4.79 Å². The molecule has 1 fully saturated rings. The molecule has 0 aliphatic carbocycles. The Balaban J connectivity index is 1.61. The van der Waals surface area contributed by atoms with Crippen molar-refractivity contribution in [3.05, 3.63) is 64.4 Å². The molecule has 2 amide bonds. The SMILES string of the molecule is CCOC(=O)c1ccc(-c2ccc(/C=C3/C(=O)N(CC4CCCO4)C(=O)C(C#N)=C3C)o2)cc1. The third-order valence-electron chi connectivity index (χ3n) is 5.83. The topological polar surface area (TPSA) is 110 Å². The highest BCUT2D eigenvalue weighted by Crippen LogP contribution is 2.30. The minimum Gasteiger partial charge on any atom is -0.462 e. The number of nitriles is 1. The fourth-order valence-corrected chi connectivity index (χ4v) is 4.00. The second kappa shape index (κ2) is 9.89. The van der Waals surface area contributed by atoms with Gasteiger partial charge in [0.05, 0.1) is 24.8 Å². The molecular formula is C26H24N2O6. The van der Waals surface area contributed by atoms with E-state index < -0.39 is 17.8 Å². The molecule has 3 heterocycles. The average molecular weight is 460 g/mol. The van der Waals surface area contributed by atoms with Gasteiger partial charge in [0.25, 0.3) is 11.8 Å². The fraction of sp³-hybridized carbons (Fsp3) is 0.308. The maximum absolute atomic E-state index is 13.2. The highest BCUT2D eigenvalue weighted by molar-refractivity contribution is 6.19. The van der Waals surface area contributed by atoms with Gasteiger partial charge >= 0.3 is 5.97 Å². The highest BCUT2D eigenvalue weighted by atomic mass is 16.5. The zero-order chi connectivity index (χ0) is 24.2. The van der Waals surface area contributed by atoms with Gasteiger partial charge in [-0.15, -0.1) is 0 Å². The number of benzene rings is 1. The molecule has 0 saturated carbocycles. The van der Waals surface area contributed by atoms with Gasteiger partial charge < -0.3 is 13.9 Å². The molecule has 4 rings (SSSR count). The lowest BCUT2D eigenvalue weighted by atomic mass is 9.94. The van der Waals surface area contributed by atoms with Gasteiger partial charge in [0.15, 0.2) is 0 Å². The average Bonchev–Trinajstić information content (AvgIpc) is 3.52. The molecule has 0 radical (unpaired) electrons. The number of furan rings is 1. The van der Waals surface area contributed by atoms with Crippen molar-refractivity contribution in [2.24, 2.45) is 0 Å². The van der Waals surface area contributed by atoms with Gasteiger partial charge in [-0.2, -0.15) is 5.26 Å². The van der Waals surface area contributed by atoms with E-state index in [2.05, 4.69) is 0 Å². The number of carbonyl (C=O) groups is 3. The molecule has 2 aromatic rings. The number of rotatable bonds is 6. The number of hydrogen-bond acceptors (Lipinski definition) is 7. The smallest absolute Gasteiger partial charge is 0.338 e. The first-order chi connectivity index (χ1) is 16.4. The summed E-state index contributed by atoms with van der Waals surface area (Å²) in [5, 5.41) is 9.55. The lowest BCUT2D eigenvalue weighted by Gasteiger charge is -2.29. The Bertz CT molecular complexity index is 1220. The standard InChI is InChI=1S/C26H24N2O6/c1-3-32-26(31)18-8-6-17(7-9-18)23-11-10-19(34-23)13-21-16(2)22(14-27)25(30)28(24(21)29)15-20-5-4-12-33-20/h6-11,13,20H,3-5,12,15H2,1-2H3/b21-13+. The Labute approximate surface area is 197 Å². The van der Waals surface area contributed by atoms with Crippen LogP contribution in [0.3, 0.4) is 0 Å². The van der Waals surface area contributed by atoms with Crippen molar-refractivity contribution in [1.82, 2.24) is 4.90 Å². The van der Waals surface area contributed by atoms with Crippen molar-refractivity contribution in [2.75, 3.05) is 19.8 Å². The van der Waals surface area contributed by atoms with Crippen LogP contribution in [0.15, 0.2) is 57.5 Å². The Morgan fingerprint density at radius 2 is 1.97 bits per heavy atom. The lowest BCUT2D eigenvalue weighted by Crippen LogP contribution is -2.46. The molecule has 8 heteroatoms. The number of carbonyl (C=O) groups excluding carboxylic acids is 3. The summed E-state index contributed by atoms with van der Waals surface area (Å²) in [5.41, 5.74) is 1.66. The van der Waals surface area contributed by atoms with Gasteiger partial charge in [-0.3, -0.25) is 14.5 Å². The van der Waals surface area contributed by atoms with Crippen LogP contribution >= 0.6 is 0 Å². The zero-order valence-electron chi connectivity index (χ0n) is 19.0. The van der Waals surface area contributed by atoms with E-state index in [1.807, 2.05) is 6.07 Å². The van der Waals surface area contributed by atoms with E-state index in [1.54, 1.807) is 56.3 Å². The van der Waals surface area contributed by atoms with Gasteiger partial charge in [0.1, 0.15) is 23.2 Å². The minimum absolute atomic E-state index is 0.0646. The summed E-state index contributed by atoms with van der Waals surface area (Å²) in [4.78, 5) is 38.9. The van der Waals surface area contributed by atoms with Crippen LogP contribution in [0.5, 0.6) is 0 Å². The van der Waals surface area contributed by atoms with Crippen LogP contribution < -0.4 is 0 Å². The molecular weight excluding hydrogens is 436 g/mol. The number of nitrogens with zero attached hydrogens (tertiary/aromatic N) is 2. The van der Waals surface area contributed by atoms with E-state index in [-0.39, 0.29) is 23.8 Å². The number of amides is 2. The second-order valence-electron chi connectivity index (χ2n) is 8.03. The minimum atomic E-state index is -0.598. The van der Waals surface area contributed by atoms with Gasteiger partial charge in [-0.1, -0.05) is 12.1 Å². The van der Waals surface area contributed by atoms with Crippen molar-refractivity contribution in [3.63, 3.8) is 0 Å². The maximum Gasteiger partial charge on any atom is 0.338 e. The largest absolute Gasteiger partial charge is 0.462 e. The number of ether oxygens (including phenoxy) is 2. The van der Waals surface area contributed by atoms with Gasteiger partial charge in [-0.05, 0) is 62.6 Å². The predicted octanol–water partition coefficient (Wildman–Crippen LogP) is 3.89. The molecule has 2 aliphatic rings. The van der Waals surface area contributed by atoms with Crippen molar-refractivity contribution in [2.45, 2.75) is 32.8 Å². The van der Waals surface area contributed by atoms with Crippen molar-refractivity contribution >= 4 is 23.9 Å². The molecule has 1 aromatic carbocycles. The summed E-state index contributed by atoms with van der Waals surface area (Å²) in [6, 6.07) is 12.2. The molecule has 1 atom stereocenters. The van der Waals surface area contributed by atoms with E-state index in [1.165, 1.54) is 0 Å². The zero-order valence-corrected chi connectivity index (χ0v) is 19.0. The van der Waals surface area contributed by atoms with Crippen LogP contribution in [0.1, 0.15) is 42.8 Å². The Hall–Kier alpha value is -3.96. The number of esters is 1.